The van der Waals surface area contributed by atoms with Gasteiger partial charge in [0.15, 0.2) is 0 Å². The normalized spacial score (nSPS) is 12.8. The molecule has 0 saturated heterocycles. The van der Waals surface area contributed by atoms with Crippen LogP contribution in [0.15, 0.2) is 54.6 Å². The van der Waals surface area contributed by atoms with Gasteiger partial charge in [0, 0.05) is 18.2 Å². The van der Waals surface area contributed by atoms with E-state index in [0.717, 1.165) is 5.56 Å². The molecule has 0 fully saturated rings. The molecule has 23 heavy (non-hydrogen) atoms. The Labute approximate surface area is 133 Å². The van der Waals surface area contributed by atoms with Gasteiger partial charge < -0.3 is 10.4 Å². The molecule has 1 unspecified atom stereocenters. The summed E-state index contributed by atoms with van der Waals surface area (Å²) in [6, 6.07) is 11.6. The first-order valence-corrected chi connectivity index (χ1v) is 7.12. The fourth-order valence-electron chi connectivity index (χ4n) is 2.10. The third kappa shape index (κ3) is 4.72. The van der Waals surface area contributed by atoms with Gasteiger partial charge >= 0.3 is 0 Å². The van der Waals surface area contributed by atoms with Gasteiger partial charge in [0.2, 0.25) is 5.91 Å². The average Bonchev–Trinajstić information content (AvgIpc) is 2.53. The van der Waals surface area contributed by atoms with E-state index in [2.05, 4.69) is 5.32 Å². The van der Waals surface area contributed by atoms with E-state index in [0.29, 0.717) is 5.57 Å². The maximum atomic E-state index is 13.5. The molecular formula is C18H17F2NO2. The average molecular weight is 317 g/mol. The molecule has 1 amide bonds. The lowest BCUT2D eigenvalue weighted by Crippen LogP contribution is -2.27. The summed E-state index contributed by atoms with van der Waals surface area (Å²) in [7, 11) is 0. The topological polar surface area (TPSA) is 49.3 Å². The van der Waals surface area contributed by atoms with E-state index in [-0.39, 0.29) is 17.9 Å². The number of carbonyl (C=O) groups is 1. The Morgan fingerprint density at radius 1 is 1.17 bits per heavy atom. The minimum Gasteiger partial charge on any atom is -0.386 e. The smallest absolute Gasteiger partial charge is 0.244 e. The second-order valence-electron chi connectivity index (χ2n) is 5.12. The van der Waals surface area contributed by atoms with Gasteiger partial charge in [0.05, 0.1) is 6.10 Å². The fourth-order valence-corrected chi connectivity index (χ4v) is 2.10. The van der Waals surface area contributed by atoms with Crippen molar-refractivity contribution in [1.29, 1.82) is 0 Å². The van der Waals surface area contributed by atoms with Crippen molar-refractivity contribution in [2.75, 3.05) is 6.54 Å². The van der Waals surface area contributed by atoms with Crippen LogP contribution < -0.4 is 5.32 Å². The van der Waals surface area contributed by atoms with Crippen LogP contribution in [0.4, 0.5) is 8.78 Å². The molecule has 0 aliphatic carbocycles. The molecule has 0 aromatic heterocycles. The van der Waals surface area contributed by atoms with Crippen LogP contribution in [0.5, 0.6) is 0 Å². The molecular weight excluding hydrogens is 300 g/mol. The van der Waals surface area contributed by atoms with E-state index in [9.17, 15) is 18.7 Å². The van der Waals surface area contributed by atoms with Crippen LogP contribution in [0.1, 0.15) is 24.2 Å². The Hall–Kier alpha value is -2.53. The molecule has 2 aromatic rings. The minimum atomic E-state index is -1.13. The lowest BCUT2D eigenvalue weighted by atomic mass is 10.1. The van der Waals surface area contributed by atoms with E-state index < -0.39 is 17.8 Å². The first-order valence-electron chi connectivity index (χ1n) is 7.12. The Kier molecular flexibility index (Phi) is 5.60. The Morgan fingerprint density at radius 2 is 1.83 bits per heavy atom. The monoisotopic (exact) mass is 317 g/mol. The van der Waals surface area contributed by atoms with Gasteiger partial charge in [0.25, 0.3) is 0 Å². The van der Waals surface area contributed by atoms with Crippen molar-refractivity contribution in [3.8, 4) is 0 Å². The zero-order chi connectivity index (χ0) is 16.8. The lowest BCUT2D eigenvalue weighted by molar-refractivity contribution is -0.116. The molecule has 0 aliphatic rings. The molecule has 120 valence electrons. The Morgan fingerprint density at radius 3 is 2.48 bits per heavy atom. The SMILES string of the molecule is C/C(=C/C(=O)NCC(O)c1ccccc1F)c1ccc(F)cc1. The number of hydrogen-bond acceptors (Lipinski definition) is 2. The Balaban J connectivity index is 1.95. The first kappa shape index (κ1) is 16.8. The van der Waals surface area contributed by atoms with Crippen LogP contribution in [-0.2, 0) is 4.79 Å². The highest BCUT2D eigenvalue weighted by Crippen LogP contribution is 2.16. The lowest BCUT2D eigenvalue weighted by Gasteiger charge is -2.12. The highest BCUT2D eigenvalue weighted by molar-refractivity contribution is 5.94. The summed E-state index contributed by atoms with van der Waals surface area (Å²) in [5.74, 6) is -1.28. The first-order chi connectivity index (χ1) is 11.0. The summed E-state index contributed by atoms with van der Waals surface area (Å²) in [6.07, 6.45) is 0.223. The number of nitrogens with one attached hydrogen (secondary N) is 1. The number of aliphatic hydroxyl groups excluding tert-OH is 1. The highest BCUT2D eigenvalue weighted by atomic mass is 19.1. The summed E-state index contributed by atoms with van der Waals surface area (Å²) in [4.78, 5) is 11.8. The number of allylic oxidation sites excluding steroid dienone is 1. The summed E-state index contributed by atoms with van der Waals surface area (Å²) in [5, 5.41) is 12.4. The quantitative estimate of drug-likeness (QED) is 0.832. The van der Waals surface area contributed by atoms with Gasteiger partial charge in [-0.1, -0.05) is 30.3 Å². The van der Waals surface area contributed by atoms with Gasteiger partial charge in [-0.2, -0.15) is 0 Å². The molecule has 3 nitrogen and oxygen atoms in total. The van der Waals surface area contributed by atoms with E-state index in [1.807, 2.05) is 0 Å². The molecule has 1 atom stereocenters. The van der Waals surface area contributed by atoms with Gasteiger partial charge in [-0.3, -0.25) is 4.79 Å². The van der Waals surface area contributed by atoms with Crippen molar-refractivity contribution in [2.45, 2.75) is 13.0 Å². The van der Waals surface area contributed by atoms with Crippen LogP contribution in [0.3, 0.4) is 0 Å². The van der Waals surface area contributed by atoms with E-state index in [1.54, 1.807) is 25.1 Å². The van der Waals surface area contributed by atoms with Crippen molar-refractivity contribution in [3.63, 3.8) is 0 Å². The summed E-state index contributed by atoms with van der Waals surface area (Å²) in [6.45, 7) is 1.62. The highest BCUT2D eigenvalue weighted by Gasteiger charge is 2.12. The van der Waals surface area contributed by atoms with Crippen LogP contribution in [0.2, 0.25) is 0 Å². The largest absolute Gasteiger partial charge is 0.386 e. The molecule has 0 spiro atoms. The zero-order valence-corrected chi connectivity index (χ0v) is 12.6. The standard InChI is InChI=1S/C18H17F2NO2/c1-12(13-6-8-14(19)9-7-13)10-18(23)21-11-17(22)15-4-2-3-5-16(15)20/h2-10,17,22H,11H2,1H3,(H,21,23)/b12-10-. The zero-order valence-electron chi connectivity index (χ0n) is 12.6. The van der Waals surface area contributed by atoms with Gasteiger partial charge in [-0.05, 0) is 36.3 Å². The van der Waals surface area contributed by atoms with Crippen molar-refractivity contribution < 1.29 is 18.7 Å². The van der Waals surface area contributed by atoms with Crippen LogP contribution in [-0.4, -0.2) is 17.6 Å². The molecule has 0 radical (unpaired) electrons. The molecule has 0 heterocycles. The second kappa shape index (κ2) is 7.65. The number of carbonyl (C=O) groups excluding carboxylic acids is 1. The summed E-state index contributed by atoms with van der Waals surface area (Å²) < 4.78 is 26.4. The number of aliphatic hydroxyl groups is 1. The Bertz CT molecular complexity index is 711. The molecule has 0 aliphatic heterocycles. The van der Waals surface area contributed by atoms with Gasteiger partial charge in [-0.25, -0.2) is 8.78 Å². The van der Waals surface area contributed by atoms with Crippen molar-refractivity contribution >= 4 is 11.5 Å². The van der Waals surface area contributed by atoms with Crippen molar-refractivity contribution in [1.82, 2.24) is 5.32 Å². The number of halogens is 2. The van der Waals surface area contributed by atoms with Crippen LogP contribution in [0.25, 0.3) is 5.57 Å². The third-order valence-corrected chi connectivity index (χ3v) is 3.38. The van der Waals surface area contributed by atoms with Gasteiger partial charge in [0.1, 0.15) is 11.6 Å². The summed E-state index contributed by atoms with van der Waals surface area (Å²) in [5.41, 5.74) is 1.51. The molecule has 2 rings (SSSR count). The van der Waals surface area contributed by atoms with Crippen molar-refractivity contribution in [3.05, 3.63) is 77.4 Å². The molecule has 2 N–H and O–H groups in total. The fraction of sp³-hybridized carbons (Fsp3) is 0.167. The number of hydrogen-bond donors (Lipinski definition) is 2. The second-order valence-corrected chi connectivity index (χ2v) is 5.12. The predicted molar refractivity (Wildman–Crippen MR) is 84.4 cm³/mol. The number of benzene rings is 2. The third-order valence-electron chi connectivity index (χ3n) is 3.38. The van der Waals surface area contributed by atoms with Crippen LogP contribution in [0, 0.1) is 11.6 Å². The van der Waals surface area contributed by atoms with Crippen molar-refractivity contribution in [2.24, 2.45) is 0 Å². The molecule has 2 aromatic carbocycles. The van der Waals surface area contributed by atoms with E-state index in [1.165, 1.54) is 36.4 Å². The predicted octanol–water partition coefficient (Wildman–Crippen LogP) is 3.22. The van der Waals surface area contributed by atoms with Crippen LogP contribution >= 0.6 is 0 Å². The van der Waals surface area contributed by atoms with E-state index >= 15 is 0 Å². The molecule has 0 saturated carbocycles. The maximum Gasteiger partial charge on any atom is 0.244 e. The molecule has 0 bridgehead atoms. The number of rotatable bonds is 5. The van der Waals surface area contributed by atoms with E-state index in [4.69, 9.17) is 0 Å². The van der Waals surface area contributed by atoms with Gasteiger partial charge in [-0.15, -0.1) is 0 Å². The molecule has 5 heteroatoms. The minimum absolute atomic E-state index is 0.104. The maximum absolute atomic E-state index is 13.5. The summed E-state index contributed by atoms with van der Waals surface area (Å²) >= 11 is 0. The number of amides is 1.